The number of aliphatic hydroxyl groups excluding tert-OH is 1. The van der Waals surface area contributed by atoms with Gasteiger partial charge in [0.25, 0.3) is 0 Å². The second-order valence-corrected chi connectivity index (χ2v) is 3.66. The van der Waals surface area contributed by atoms with Gasteiger partial charge in [0.05, 0.1) is 5.76 Å². The average molecular weight is 143 g/mol. The van der Waals surface area contributed by atoms with E-state index in [4.69, 9.17) is 5.73 Å². The molecule has 0 aromatic heterocycles. The summed E-state index contributed by atoms with van der Waals surface area (Å²) in [6.07, 6.45) is 1.67. The van der Waals surface area contributed by atoms with E-state index in [0.717, 1.165) is 0 Å². The lowest BCUT2D eigenvalue weighted by Gasteiger charge is -2.17. The molecule has 0 spiro atoms. The summed E-state index contributed by atoms with van der Waals surface area (Å²) in [5.41, 5.74) is 5.28. The van der Waals surface area contributed by atoms with E-state index in [0.29, 0.717) is 5.76 Å². The lowest BCUT2D eigenvalue weighted by Crippen LogP contribution is -2.16. The van der Waals surface area contributed by atoms with Gasteiger partial charge in [0.2, 0.25) is 0 Å². The Morgan fingerprint density at radius 3 is 2.00 bits per heavy atom. The van der Waals surface area contributed by atoms with E-state index < -0.39 is 0 Å². The molecular formula is C8H17NO. The maximum absolute atomic E-state index is 9.34. The van der Waals surface area contributed by atoms with Crippen molar-refractivity contribution in [3.8, 4) is 0 Å². The summed E-state index contributed by atoms with van der Waals surface area (Å²) in [5, 5.41) is 9.34. The standard InChI is InChI=1S/C8H17NO/c1-6(9)5-7(10)8(2,3)4/h5-6,10H,9H2,1-4H3/b7-5-. The Morgan fingerprint density at radius 1 is 1.50 bits per heavy atom. The number of aliphatic hydroxyl groups is 1. The van der Waals surface area contributed by atoms with Crippen molar-refractivity contribution in [2.24, 2.45) is 11.1 Å². The molecule has 0 bridgehead atoms. The molecule has 1 unspecified atom stereocenters. The van der Waals surface area contributed by atoms with Crippen LogP contribution in [0.1, 0.15) is 27.7 Å². The zero-order chi connectivity index (χ0) is 8.36. The van der Waals surface area contributed by atoms with Gasteiger partial charge in [-0.25, -0.2) is 0 Å². The van der Waals surface area contributed by atoms with Gasteiger partial charge >= 0.3 is 0 Å². The average Bonchev–Trinajstić information content (AvgIpc) is 1.60. The van der Waals surface area contributed by atoms with E-state index in [1.807, 2.05) is 27.7 Å². The van der Waals surface area contributed by atoms with Crippen molar-refractivity contribution in [1.82, 2.24) is 0 Å². The van der Waals surface area contributed by atoms with Crippen LogP contribution in [0.2, 0.25) is 0 Å². The molecule has 1 atom stereocenters. The Kier molecular flexibility index (Phi) is 2.91. The largest absolute Gasteiger partial charge is 0.512 e. The third kappa shape index (κ3) is 3.51. The van der Waals surface area contributed by atoms with Crippen LogP contribution >= 0.6 is 0 Å². The van der Waals surface area contributed by atoms with Crippen molar-refractivity contribution in [2.45, 2.75) is 33.7 Å². The molecule has 0 heterocycles. The van der Waals surface area contributed by atoms with Crippen LogP contribution in [0.4, 0.5) is 0 Å². The first-order valence-corrected chi connectivity index (χ1v) is 3.51. The Morgan fingerprint density at radius 2 is 1.90 bits per heavy atom. The van der Waals surface area contributed by atoms with E-state index in [-0.39, 0.29) is 11.5 Å². The maximum Gasteiger partial charge on any atom is 0.0951 e. The molecular weight excluding hydrogens is 126 g/mol. The normalized spacial score (nSPS) is 17.1. The van der Waals surface area contributed by atoms with E-state index in [1.54, 1.807) is 6.08 Å². The third-order valence-electron chi connectivity index (χ3n) is 1.19. The monoisotopic (exact) mass is 143 g/mol. The molecule has 10 heavy (non-hydrogen) atoms. The lowest BCUT2D eigenvalue weighted by atomic mass is 9.93. The highest BCUT2D eigenvalue weighted by Gasteiger charge is 2.15. The van der Waals surface area contributed by atoms with Crippen molar-refractivity contribution in [3.05, 3.63) is 11.8 Å². The number of rotatable bonds is 1. The second kappa shape index (κ2) is 3.06. The zero-order valence-electron chi connectivity index (χ0n) is 7.18. The molecule has 3 N–H and O–H groups in total. The van der Waals surface area contributed by atoms with Crippen molar-refractivity contribution in [2.75, 3.05) is 0 Å². The van der Waals surface area contributed by atoms with Crippen molar-refractivity contribution < 1.29 is 5.11 Å². The molecule has 0 rings (SSSR count). The molecule has 2 nitrogen and oxygen atoms in total. The number of hydrogen-bond acceptors (Lipinski definition) is 2. The maximum atomic E-state index is 9.34. The molecule has 0 aromatic carbocycles. The fourth-order valence-corrected chi connectivity index (χ4v) is 0.499. The number of allylic oxidation sites excluding steroid dienone is 1. The minimum absolute atomic E-state index is 0.0702. The first-order valence-electron chi connectivity index (χ1n) is 3.51. The van der Waals surface area contributed by atoms with Gasteiger partial charge < -0.3 is 10.8 Å². The van der Waals surface area contributed by atoms with E-state index >= 15 is 0 Å². The van der Waals surface area contributed by atoms with Crippen LogP contribution in [0, 0.1) is 5.41 Å². The highest BCUT2D eigenvalue weighted by Crippen LogP contribution is 2.22. The first-order chi connectivity index (χ1) is 4.34. The van der Waals surface area contributed by atoms with E-state index in [2.05, 4.69) is 0 Å². The van der Waals surface area contributed by atoms with Crippen LogP contribution in [-0.4, -0.2) is 11.1 Å². The molecule has 0 aromatic rings. The van der Waals surface area contributed by atoms with Crippen LogP contribution in [0.25, 0.3) is 0 Å². The van der Waals surface area contributed by atoms with Gasteiger partial charge in [-0.2, -0.15) is 0 Å². The molecule has 0 fully saturated rings. The molecule has 0 amide bonds. The van der Waals surface area contributed by atoms with Crippen molar-refractivity contribution in [1.29, 1.82) is 0 Å². The predicted molar refractivity (Wildman–Crippen MR) is 43.8 cm³/mol. The molecule has 0 saturated carbocycles. The van der Waals surface area contributed by atoms with E-state index in [9.17, 15) is 5.11 Å². The van der Waals surface area contributed by atoms with Gasteiger partial charge in [-0.15, -0.1) is 0 Å². The highest BCUT2D eigenvalue weighted by atomic mass is 16.3. The van der Waals surface area contributed by atoms with Gasteiger partial charge in [-0.3, -0.25) is 0 Å². The Labute approximate surface area is 62.7 Å². The Hall–Kier alpha value is -0.500. The van der Waals surface area contributed by atoms with Gasteiger partial charge in [-0.05, 0) is 13.0 Å². The SMILES string of the molecule is CC(N)/C=C(\O)C(C)(C)C. The first kappa shape index (κ1) is 9.50. The predicted octanol–water partition coefficient (Wildman–Crippen LogP) is 1.82. The van der Waals surface area contributed by atoms with Crippen LogP contribution in [0.3, 0.4) is 0 Å². The van der Waals surface area contributed by atoms with Gasteiger partial charge in [0.1, 0.15) is 0 Å². The van der Waals surface area contributed by atoms with Crippen LogP contribution in [-0.2, 0) is 0 Å². The van der Waals surface area contributed by atoms with Gasteiger partial charge in [-0.1, -0.05) is 20.8 Å². The third-order valence-corrected chi connectivity index (χ3v) is 1.19. The molecule has 60 valence electrons. The van der Waals surface area contributed by atoms with Crippen molar-refractivity contribution >= 4 is 0 Å². The topological polar surface area (TPSA) is 46.2 Å². The van der Waals surface area contributed by atoms with Crippen LogP contribution < -0.4 is 5.73 Å². The smallest absolute Gasteiger partial charge is 0.0951 e. The number of hydrogen-bond donors (Lipinski definition) is 2. The molecule has 0 aliphatic heterocycles. The van der Waals surface area contributed by atoms with Crippen LogP contribution in [0.15, 0.2) is 11.8 Å². The van der Waals surface area contributed by atoms with E-state index in [1.165, 1.54) is 0 Å². The summed E-state index contributed by atoms with van der Waals surface area (Å²) in [4.78, 5) is 0. The number of nitrogens with two attached hydrogens (primary N) is 1. The Balaban J connectivity index is 4.20. The minimum atomic E-state index is -0.173. The van der Waals surface area contributed by atoms with Crippen LogP contribution in [0.5, 0.6) is 0 Å². The summed E-state index contributed by atoms with van der Waals surface area (Å²) >= 11 is 0. The summed E-state index contributed by atoms with van der Waals surface area (Å²) in [7, 11) is 0. The fourth-order valence-electron chi connectivity index (χ4n) is 0.499. The fraction of sp³-hybridized carbons (Fsp3) is 0.750. The lowest BCUT2D eigenvalue weighted by molar-refractivity contribution is 0.274. The summed E-state index contributed by atoms with van der Waals surface area (Å²) < 4.78 is 0. The van der Waals surface area contributed by atoms with Gasteiger partial charge in [0, 0.05) is 11.5 Å². The highest BCUT2D eigenvalue weighted by molar-refractivity contribution is 5.04. The van der Waals surface area contributed by atoms with Crippen molar-refractivity contribution in [3.63, 3.8) is 0 Å². The summed E-state index contributed by atoms with van der Waals surface area (Å²) in [5.74, 6) is 0.363. The minimum Gasteiger partial charge on any atom is -0.512 e. The quantitative estimate of drug-likeness (QED) is 0.550. The summed E-state index contributed by atoms with van der Waals surface area (Å²) in [6, 6.07) is -0.0702. The molecule has 0 aliphatic carbocycles. The van der Waals surface area contributed by atoms with Gasteiger partial charge in [0.15, 0.2) is 0 Å². The molecule has 0 saturated heterocycles. The summed E-state index contributed by atoms with van der Waals surface area (Å²) in [6.45, 7) is 7.67. The molecule has 0 aliphatic rings. The zero-order valence-corrected chi connectivity index (χ0v) is 7.18. The Bertz CT molecular complexity index is 131. The second-order valence-electron chi connectivity index (χ2n) is 3.66. The molecule has 2 heteroatoms. The molecule has 0 radical (unpaired) electrons.